The van der Waals surface area contributed by atoms with E-state index >= 15 is 0 Å². The number of nitrogen functional groups attached to an aromatic ring is 1. The van der Waals surface area contributed by atoms with Gasteiger partial charge in [0.05, 0.1) is 11.1 Å². The van der Waals surface area contributed by atoms with Gasteiger partial charge in [0.1, 0.15) is 0 Å². The number of benzene rings is 2. The zero-order chi connectivity index (χ0) is 16.5. The van der Waals surface area contributed by atoms with E-state index in [4.69, 9.17) is 5.73 Å². The quantitative estimate of drug-likeness (QED) is 0.819. The lowest BCUT2D eigenvalue weighted by Crippen LogP contribution is -2.16. The first kappa shape index (κ1) is 15.9. The molecule has 1 amide bonds. The van der Waals surface area contributed by atoms with Gasteiger partial charge in [-0.2, -0.15) is 13.2 Å². The SMILES string of the molecule is Cc1cc(C(F)(F)F)ccc1NC(=O)c1c(C)cccc1N. The number of hydrogen-bond acceptors (Lipinski definition) is 2. The van der Waals surface area contributed by atoms with Crippen molar-refractivity contribution in [1.29, 1.82) is 0 Å². The van der Waals surface area contributed by atoms with Crippen molar-refractivity contribution in [1.82, 2.24) is 0 Å². The van der Waals surface area contributed by atoms with Crippen LogP contribution in [0.4, 0.5) is 24.5 Å². The zero-order valence-corrected chi connectivity index (χ0v) is 12.1. The molecule has 3 nitrogen and oxygen atoms in total. The van der Waals surface area contributed by atoms with E-state index in [-0.39, 0.29) is 0 Å². The number of amides is 1. The third-order valence-electron chi connectivity index (χ3n) is 3.33. The Morgan fingerprint density at radius 1 is 1.09 bits per heavy atom. The Hall–Kier alpha value is -2.50. The van der Waals surface area contributed by atoms with E-state index in [1.54, 1.807) is 25.1 Å². The number of rotatable bonds is 2. The highest BCUT2D eigenvalue weighted by Crippen LogP contribution is 2.31. The van der Waals surface area contributed by atoms with E-state index < -0.39 is 17.6 Å². The maximum atomic E-state index is 12.6. The minimum atomic E-state index is -4.41. The van der Waals surface area contributed by atoms with Gasteiger partial charge >= 0.3 is 6.18 Å². The fraction of sp³-hybridized carbons (Fsp3) is 0.188. The number of carbonyl (C=O) groups is 1. The van der Waals surface area contributed by atoms with Crippen molar-refractivity contribution in [3.63, 3.8) is 0 Å². The second-order valence-electron chi connectivity index (χ2n) is 5.02. The molecule has 2 aromatic carbocycles. The number of halogens is 3. The van der Waals surface area contributed by atoms with Crippen LogP contribution in [0.3, 0.4) is 0 Å². The second kappa shape index (κ2) is 5.71. The van der Waals surface area contributed by atoms with Crippen LogP contribution >= 0.6 is 0 Å². The minimum Gasteiger partial charge on any atom is -0.398 e. The van der Waals surface area contributed by atoms with E-state index in [1.807, 2.05) is 0 Å². The topological polar surface area (TPSA) is 55.1 Å². The maximum Gasteiger partial charge on any atom is 0.416 e. The summed E-state index contributed by atoms with van der Waals surface area (Å²) in [6.07, 6.45) is -4.41. The summed E-state index contributed by atoms with van der Waals surface area (Å²) in [7, 11) is 0. The summed E-state index contributed by atoms with van der Waals surface area (Å²) in [4.78, 5) is 12.3. The molecule has 0 saturated heterocycles. The Morgan fingerprint density at radius 2 is 1.77 bits per heavy atom. The number of nitrogens with one attached hydrogen (secondary N) is 1. The highest BCUT2D eigenvalue weighted by Gasteiger charge is 2.30. The van der Waals surface area contributed by atoms with Crippen LogP contribution in [-0.2, 0) is 6.18 Å². The van der Waals surface area contributed by atoms with Crippen LogP contribution in [0.2, 0.25) is 0 Å². The highest BCUT2D eigenvalue weighted by atomic mass is 19.4. The fourth-order valence-corrected chi connectivity index (χ4v) is 2.17. The summed E-state index contributed by atoms with van der Waals surface area (Å²) in [5.74, 6) is -0.446. The van der Waals surface area contributed by atoms with Gasteiger partial charge in [-0.1, -0.05) is 12.1 Å². The van der Waals surface area contributed by atoms with Crippen LogP contribution in [0, 0.1) is 13.8 Å². The molecule has 0 aliphatic rings. The largest absolute Gasteiger partial charge is 0.416 e. The summed E-state index contributed by atoms with van der Waals surface area (Å²) in [5.41, 5.74) is 7.02. The molecule has 0 spiro atoms. The van der Waals surface area contributed by atoms with Crippen molar-refractivity contribution in [2.24, 2.45) is 0 Å². The normalized spacial score (nSPS) is 11.3. The van der Waals surface area contributed by atoms with Crippen molar-refractivity contribution in [2.45, 2.75) is 20.0 Å². The molecule has 0 radical (unpaired) electrons. The highest BCUT2D eigenvalue weighted by molar-refractivity contribution is 6.09. The summed E-state index contributed by atoms with van der Waals surface area (Å²) >= 11 is 0. The molecular formula is C16H15F3N2O. The van der Waals surface area contributed by atoms with Crippen molar-refractivity contribution >= 4 is 17.3 Å². The molecule has 2 aromatic rings. The van der Waals surface area contributed by atoms with Crippen LogP contribution in [0.5, 0.6) is 0 Å². The number of alkyl halides is 3. The molecule has 0 unspecified atom stereocenters. The van der Waals surface area contributed by atoms with E-state index in [9.17, 15) is 18.0 Å². The first-order valence-electron chi connectivity index (χ1n) is 6.54. The molecule has 0 aromatic heterocycles. The number of aryl methyl sites for hydroxylation is 2. The van der Waals surface area contributed by atoms with Gasteiger partial charge < -0.3 is 11.1 Å². The predicted octanol–water partition coefficient (Wildman–Crippen LogP) is 4.16. The molecule has 22 heavy (non-hydrogen) atoms. The first-order chi connectivity index (χ1) is 10.2. The molecular weight excluding hydrogens is 293 g/mol. The number of hydrogen-bond donors (Lipinski definition) is 2. The number of carbonyl (C=O) groups excluding carboxylic acids is 1. The Morgan fingerprint density at radius 3 is 2.32 bits per heavy atom. The van der Waals surface area contributed by atoms with Gasteiger partial charge in [0, 0.05) is 11.4 Å². The molecule has 0 aliphatic heterocycles. The molecule has 116 valence electrons. The van der Waals surface area contributed by atoms with Crippen molar-refractivity contribution < 1.29 is 18.0 Å². The summed E-state index contributed by atoms with van der Waals surface area (Å²) in [6, 6.07) is 8.24. The molecule has 0 aliphatic carbocycles. The molecule has 0 heterocycles. The third kappa shape index (κ3) is 3.21. The number of nitrogens with two attached hydrogens (primary N) is 1. The van der Waals surface area contributed by atoms with Crippen LogP contribution in [0.15, 0.2) is 36.4 Å². The number of anilines is 2. The van der Waals surface area contributed by atoms with Gasteiger partial charge in [-0.25, -0.2) is 0 Å². The van der Waals surface area contributed by atoms with Crippen molar-refractivity contribution in [2.75, 3.05) is 11.1 Å². The van der Waals surface area contributed by atoms with Crippen LogP contribution in [-0.4, -0.2) is 5.91 Å². The summed E-state index contributed by atoms with van der Waals surface area (Å²) in [5, 5.41) is 2.60. The monoisotopic (exact) mass is 308 g/mol. The predicted molar refractivity (Wildman–Crippen MR) is 79.7 cm³/mol. The van der Waals surface area contributed by atoms with Gasteiger partial charge in [0.2, 0.25) is 0 Å². The van der Waals surface area contributed by atoms with E-state index in [0.717, 1.165) is 12.1 Å². The average Bonchev–Trinajstić information content (AvgIpc) is 2.39. The van der Waals surface area contributed by atoms with Gasteiger partial charge in [0.15, 0.2) is 0 Å². The molecule has 0 fully saturated rings. The third-order valence-corrected chi connectivity index (χ3v) is 3.33. The average molecular weight is 308 g/mol. The van der Waals surface area contributed by atoms with Gasteiger partial charge in [-0.3, -0.25) is 4.79 Å². The maximum absolute atomic E-state index is 12.6. The smallest absolute Gasteiger partial charge is 0.398 e. The fourth-order valence-electron chi connectivity index (χ4n) is 2.17. The van der Waals surface area contributed by atoms with E-state index in [2.05, 4.69) is 5.32 Å². The lowest BCUT2D eigenvalue weighted by Gasteiger charge is -2.14. The van der Waals surface area contributed by atoms with Crippen molar-refractivity contribution in [3.8, 4) is 0 Å². The second-order valence-corrected chi connectivity index (χ2v) is 5.02. The molecule has 0 saturated carbocycles. The molecule has 0 bridgehead atoms. The first-order valence-corrected chi connectivity index (χ1v) is 6.54. The molecule has 0 atom stereocenters. The summed E-state index contributed by atoms with van der Waals surface area (Å²) < 4.78 is 37.9. The lowest BCUT2D eigenvalue weighted by molar-refractivity contribution is -0.137. The Bertz CT molecular complexity index is 704. The molecule has 2 rings (SSSR count). The minimum absolute atomic E-state index is 0.320. The molecule has 6 heteroatoms. The van der Waals surface area contributed by atoms with Crippen LogP contribution in [0.1, 0.15) is 27.0 Å². The van der Waals surface area contributed by atoms with Gasteiger partial charge in [0.25, 0.3) is 5.91 Å². The van der Waals surface area contributed by atoms with Gasteiger partial charge in [-0.05, 0) is 49.2 Å². The van der Waals surface area contributed by atoms with Crippen molar-refractivity contribution in [3.05, 3.63) is 58.7 Å². The zero-order valence-electron chi connectivity index (χ0n) is 12.1. The van der Waals surface area contributed by atoms with E-state index in [1.165, 1.54) is 13.0 Å². The Labute approximate surface area is 125 Å². The lowest BCUT2D eigenvalue weighted by atomic mass is 10.0. The standard InChI is InChI=1S/C16H15F3N2O/c1-9-4-3-5-12(20)14(9)15(22)21-13-7-6-11(8-10(13)2)16(17,18)19/h3-8H,20H2,1-2H3,(H,21,22). The molecule has 3 N–H and O–H groups in total. The summed E-state index contributed by atoms with van der Waals surface area (Å²) in [6.45, 7) is 3.25. The van der Waals surface area contributed by atoms with Gasteiger partial charge in [-0.15, -0.1) is 0 Å². The Balaban J connectivity index is 2.30. The Kier molecular flexibility index (Phi) is 4.12. The van der Waals surface area contributed by atoms with Crippen LogP contribution < -0.4 is 11.1 Å². The van der Waals surface area contributed by atoms with Crippen LogP contribution in [0.25, 0.3) is 0 Å². The van der Waals surface area contributed by atoms with E-state index in [0.29, 0.717) is 28.1 Å².